The molecule has 2 fully saturated rings. The van der Waals surface area contributed by atoms with Crippen molar-refractivity contribution in [3.05, 3.63) is 10.4 Å². The first-order chi connectivity index (χ1) is 11.2. The predicted octanol–water partition coefficient (Wildman–Crippen LogP) is -1.71. The van der Waals surface area contributed by atoms with Crippen molar-refractivity contribution < 1.29 is 19.8 Å². The van der Waals surface area contributed by atoms with Crippen molar-refractivity contribution in [1.29, 1.82) is 0 Å². The van der Waals surface area contributed by atoms with Gasteiger partial charge in [0.05, 0.1) is 0 Å². The normalized spacial score (nSPS) is 29.1. The highest BCUT2D eigenvalue weighted by Crippen LogP contribution is 2.43. The molecule has 2 saturated heterocycles. The molecule has 0 radical (unpaired) electrons. The van der Waals surface area contributed by atoms with Crippen LogP contribution in [0.5, 0.6) is 5.88 Å². The van der Waals surface area contributed by atoms with Crippen molar-refractivity contribution in [2.45, 2.75) is 16.6 Å². The second-order valence-electron chi connectivity index (χ2n) is 5.71. The number of aromatic nitrogens is 3. The van der Waals surface area contributed by atoms with Gasteiger partial charge in [0.15, 0.2) is 5.16 Å². The van der Waals surface area contributed by atoms with Gasteiger partial charge in [0, 0.05) is 25.1 Å². The summed E-state index contributed by atoms with van der Waals surface area (Å²) >= 11 is 2.39. The molecule has 130 valence electrons. The van der Waals surface area contributed by atoms with E-state index in [-0.39, 0.29) is 28.7 Å². The minimum Gasteiger partial charge on any atom is -0.488 e. The van der Waals surface area contributed by atoms with Gasteiger partial charge in [-0.15, -0.1) is 16.9 Å². The number of nitrogens with two attached hydrogens (primary N) is 1. The number of aryl methyl sites for hydroxylation is 1. The van der Waals surface area contributed by atoms with Crippen LogP contribution in [0.15, 0.2) is 9.95 Å². The summed E-state index contributed by atoms with van der Waals surface area (Å²) in [6, 6.07) is -0.571. The molecule has 0 aliphatic carbocycles. The standard InChI is InChI=1S/C12H15N5O5S2/c1-16-11(14-6(18)7(19)15-16)24-4-12(10(21)22)2-17-8(20)5(13)9(17)23-3-12/h5,9H,2-4,13H2,1H3,(H,15,19)(H,21,22)/t5?,9-,12?/m1/s1. The fourth-order valence-electron chi connectivity index (χ4n) is 2.57. The van der Waals surface area contributed by atoms with Crippen molar-refractivity contribution in [2.75, 3.05) is 18.1 Å². The van der Waals surface area contributed by atoms with E-state index in [2.05, 4.69) is 10.1 Å². The van der Waals surface area contributed by atoms with Crippen LogP contribution in [0.25, 0.3) is 0 Å². The molecule has 10 nitrogen and oxygen atoms in total. The molecule has 2 aliphatic rings. The lowest BCUT2D eigenvalue weighted by atomic mass is 9.89. The lowest BCUT2D eigenvalue weighted by Crippen LogP contribution is -2.72. The quantitative estimate of drug-likeness (QED) is 0.411. The van der Waals surface area contributed by atoms with E-state index in [4.69, 9.17) is 5.73 Å². The maximum absolute atomic E-state index is 11.8. The average Bonchev–Trinajstić information content (AvgIpc) is 2.55. The molecule has 1 amide bonds. The van der Waals surface area contributed by atoms with Crippen molar-refractivity contribution in [3.8, 4) is 5.88 Å². The summed E-state index contributed by atoms with van der Waals surface area (Å²) < 4.78 is 1.21. The molecule has 2 unspecified atom stereocenters. The Labute approximate surface area is 144 Å². The summed E-state index contributed by atoms with van der Waals surface area (Å²) in [4.78, 5) is 40.2. The van der Waals surface area contributed by atoms with Gasteiger partial charge in [-0.3, -0.25) is 14.4 Å². The third kappa shape index (κ3) is 2.63. The zero-order valence-corrected chi connectivity index (χ0v) is 14.2. The number of hydrogen-bond acceptors (Lipinski definition) is 9. The van der Waals surface area contributed by atoms with Gasteiger partial charge in [-0.05, 0) is 0 Å². The molecule has 0 spiro atoms. The summed E-state index contributed by atoms with van der Waals surface area (Å²) in [5.41, 5.74) is 3.67. The topological polar surface area (TPSA) is 152 Å². The molecule has 12 heteroatoms. The number of fused-ring (bicyclic) bond motifs is 1. The fraction of sp³-hybridized carbons (Fsp3) is 0.583. The van der Waals surface area contributed by atoms with Crippen molar-refractivity contribution in [1.82, 2.24) is 19.7 Å². The Morgan fingerprint density at radius 2 is 2.25 bits per heavy atom. The highest BCUT2D eigenvalue weighted by atomic mass is 32.2. The van der Waals surface area contributed by atoms with Crippen LogP contribution < -0.4 is 11.3 Å². The molecule has 3 atom stereocenters. The van der Waals surface area contributed by atoms with Gasteiger partial charge in [0.2, 0.25) is 5.91 Å². The molecule has 3 heterocycles. The first kappa shape index (κ1) is 17.0. The van der Waals surface area contributed by atoms with Crippen molar-refractivity contribution >= 4 is 35.4 Å². The van der Waals surface area contributed by atoms with Gasteiger partial charge >= 0.3 is 11.5 Å². The van der Waals surface area contributed by atoms with E-state index >= 15 is 0 Å². The van der Waals surface area contributed by atoms with E-state index in [0.717, 1.165) is 11.8 Å². The molecule has 0 saturated carbocycles. The SMILES string of the molecule is Cn1nc(O)c(=O)nc1SCC1(C(=O)O)CS[C@@H]2C(N)C(=O)N2C1. The Morgan fingerprint density at radius 3 is 2.92 bits per heavy atom. The highest BCUT2D eigenvalue weighted by Gasteiger charge is 2.55. The second kappa shape index (κ2) is 5.93. The first-order valence-corrected chi connectivity index (χ1v) is 8.97. The molecular weight excluding hydrogens is 358 g/mol. The summed E-state index contributed by atoms with van der Waals surface area (Å²) in [7, 11) is 1.49. The Bertz CT molecular complexity index is 771. The van der Waals surface area contributed by atoms with Crippen LogP contribution in [-0.2, 0) is 16.6 Å². The van der Waals surface area contributed by atoms with E-state index in [0.29, 0.717) is 5.75 Å². The third-order valence-corrected chi connectivity index (χ3v) is 6.95. The number of rotatable bonds is 4. The minimum absolute atomic E-state index is 0.0684. The summed E-state index contributed by atoms with van der Waals surface area (Å²) in [6.07, 6.45) is 0. The maximum atomic E-state index is 11.8. The van der Waals surface area contributed by atoms with Crippen molar-refractivity contribution in [3.63, 3.8) is 0 Å². The number of aromatic hydroxyl groups is 1. The van der Waals surface area contributed by atoms with E-state index < -0.39 is 28.9 Å². The number of hydrogen-bond donors (Lipinski definition) is 3. The minimum atomic E-state index is -1.17. The number of amides is 1. The van der Waals surface area contributed by atoms with E-state index in [1.807, 2.05) is 0 Å². The number of carboxylic acids is 1. The first-order valence-electron chi connectivity index (χ1n) is 6.93. The molecule has 24 heavy (non-hydrogen) atoms. The van der Waals surface area contributed by atoms with Crippen LogP contribution >= 0.6 is 23.5 Å². The Kier molecular flexibility index (Phi) is 4.21. The average molecular weight is 373 g/mol. The zero-order chi connectivity index (χ0) is 17.6. The summed E-state index contributed by atoms with van der Waals surface area (Å²) in [6.45, 7) is 0.0684. The Hall–Kier alpha value is -1.79. The number of nitrogens with zero attached hydrogens (tertiary/aromatic N) is 4. The van der Waals surface area contributed by atoms with Crippen LogP contribution in [0.4, 0.5) is 0 Å². The van der Waals surface area contributed by atoms with Gasteiger partial charge in [0.1, 0.15) is 16.8 Å². The number of aliphatic carboxylic acids is 1. The van der Waals surface area contributed by atoms with Crippen LogP contribution in [0.1, 0.15) is 0 Å². The summed E-state index contributed by atoms with van der Waals surface area (Å²) in [5, 5.41) is 22.5. The van der Waals surface area contributed by atoms with Crippen molar-refractivity contribution in [2.24, 2.45) is 18.2 Å². The number of β-lactam (4-membered cyclic amide) rings is 1. The zero-order valence-electron chi connectivity index (χ0n) is 12.6. The van der Waals surface area contributed by atoms with Crippen LogP contribution in [-0.4, -0.2) is 71.2 Å². The lowest BCUT2D eigenvalue weighted by Gasteiger charge is -2.52. The molecule has 2 aliphatic heterocycles. The number of carboxylic acid groups (broad SMARTS) is 1. The maximum Gasteiger partial charge on any atom is 0.336 e. The lowest BCUT2D eigenvalue weighted by molar-refractivity contribution is -0.155. The fourth-order valence-corrected chi connectivity index (χ4v) is 5.29. The van der Waals surface area contributed by atoms with Gasteiger partial charge in [0.25, 0.3) is 5.88 Å². The van der Waals surface area contributed by atoms with Crippen LogP contribution in [0, 0.1) is 5.41 Å². The number of thioether (sulfide) groups is 2. The summed E-state index contributed by atoms with van der Waals surface area (Å²) in [5.74, 6) is -1.58. The highest BCUT2D eigenvalue weighted by molar-refractivity contribution is 8.00. The molecule has 1 aromatic rings. The molecular formula is C12H15N5O5S2. The largest absolute Gasteiger partial charge is 0.488 e. The molecule has 1 aromatic heterocycles. The van der Waals surface area contributed by atoms with Crippen LogP contribution in [0.2, 0.25) is 0 Å². The predicted molar refractivity (Wildman–Crippen MR) is 85.7 cm³/mol. The smallest absolute Gasteiger partial charge is 0.336 e. The van der Waals surface area contributed by atoms with Gasteiger partial charge in [-0.1, -0.05) is 11.8 Å². The Balaban J connectivity index is 1.78. The molecule has 0 bridgehead atoms. The van der Waals surface area contributed by atoms with E-state index in [1.54, 1.807) is 0 Å². The molecule has 4 N–H and O–H groups in total. The number of carbonyl (C=O) groups excluding carboxylic acids is 1. The van der Waals surface area contributed by atoms with Gasteiger partial charge in [-0.2, -0.15) is 4.98 Å². The van der Waals surface area contributed by atoms with Gasteiger partial charge in [-0.25, -0.2) is 4.68 Å². The molecule has 0 aromatic carbocycles. The van der Waals surface area contributed by atoms with Crippen LogP contribution in [0.3, 0.4) is 0 Å². The molecule has 3 rings (SSSR count). The van der Waals surface area contributed by atoms with E-state index in [9.17, 15) is 24.6 Å². The van der Waals surface area contributed by atoms with Gasteiger partial charge < -0.3 is 20.8 Å². The third-order valence-electron chi connectivity index (χ3n) is 4.03. The second-order valence-corrected chi connectivity index (χ2v) is 7.76. The Morgan fingerprint density at radius 1 is 1.54 bits per heavy atom. The van der Waals surface area contributed by atoms with E-state index in [1.165, 1.54) is 28.4 Å². The number of carbonyl (C=O) groups is 2. The monoisotopic (exact) mass is 373 g/mol.